The molecule has 1 amide bonds. The van der Waals surface area contributed by atoms with Gasteiger partial charge in [-0.2, -0.15) is 0 Å². The SMILES string of the molecule is O=C(NCCNc1nc(-c2cccs2)nc2cc(Cl)ccc12)C1CCCC1. The largest absolute Gasteiger partial charge is 0.368 e. The molecule has 27 heavy (non-hydrogen) atoms. The number of carbonyl (C=O) groups is 1. The molecule has 0 saturated heterocycles. The third-order valence-electron chi connectivity index (χ3n) is 4.84. The van der Waals surface area contributed by atoms with E-state index in [2.05, 4.69) is 15.6 Å². The molecule has 0 atom stereocenters. The van der Waals surface area contributed by atoms with Crippen LogP contribution in [-0.4, -0.2) is 29.0 Å². The molecular weight excluding hydrogens is 380 g/mol. The number of carbonyl (C=O) groups excluding carboxylic acids is 1. The van der Waals surface area contributed by atoms with E-state index in [4.69, 9.17) is 16.6 Å². The Morgan fingerprint density at radius 1 is 1.19 bits per heavy atom. The molecule has 140 valence electrons. The Morgan fingerprint density at radius 3 is 2.81 bits per heavy atom. The third kappa shape index (κ3) is 4.22. The average molecular weight is 401 g/mol. The van der Waals surface area contributed by atoms with Gasteiger partial charge in [-0.3, -0.25) is 4.79 Å². The van der Waals surface area contributed by atoms with Crippen molar-refractivity contribution in [1.82, 2.24) is 15.3 Å². The van der Waals surface area contributed by atoms with Crippen molar-refractivity contribution in [2.75, 3.05) is 18.4 Å². The van der Waals surface area contributed by atoms with Crippen molar-refractivity contribution < 1.29 is 4.79 Å². The summed E-state index contributed by atoms with van der Waals surface area (Å²) in [7, 11) is 0. The van der Waals surface area contributed by atoms with Crippen LogP contribution < -0.4 is 10.6 Å². The minimum Gasteiger partial charge on any atom is -0.368 e. The standard InChI is InChI=1S/C20H21ClN4OS/c21-14-7-8-15-16(12-14)24-19(17-6-3-11-27-17)25-18(15)22-9-10-23-20(26)13-4-1-2-5-13/h3,6-8,11-13H,1-2,4-5,9-10H2,(H,23,26)(H,22,24,25). The normalized spacial score (nSPS) is 14.6. The van der Waals surface area contributed by atoms with E-state index in [1.165, 1.54) is 0 Å². The number of halogens is 1. The van der Waals surface area contributed by atoms with E-state index in [9.17, 15) is 4.79 Å². The molecule has 1 aromatic carbocycles. The number of amides is 1. The van der Waals surface area contributed by atoms with E-state index in [0.29, 0.717) is 23.9 Å². The Balaban J connectivity index is 1.49. The Morgan fingerprint density at radius 2 is 2.04 bits per heavy atom. The summed E-state index contributed by atoms with van der Waals surface area (Å²) in [5, 5.41) is 9.95. The predicted molar refractivity (Wildman–Crippen MR) is 111 cm³/mol. The highest BCUT2D eigenvalue weighted by Crippen LogP contribution is 2.29. The molecule has 2 aromatic heterocycles. The molecule has 0 spiro atoms. The molecule has 0 radical (unpaired) electrons. The predicted octanol–water partition coefficient (Wildman–Crippen LogP) is 4.73. The van der Waals surface area contributed by atoms with Crippen molar-refractivity contribution in [3.63, 3.8) is 0 Å². The summed E-state index contributed by atoms with van der Waals surface area (Å²) in [6.45, 7) is 1.18. The van der Waals surface area contributed by atoms with Crippen LogP contribution in [0.2, 0.25) is 5.02 Å². The number of rotatable bonds is 6. The first-order valence-corrected chi connectivity index (χ1v) is 10.5. The highest BCUT2D eigenvalue weighted by molar-refractivity contribution is 7.13. The van der Waals surface area contributed by atoms with Crippen molar-refractivity contribution >= 4 is 45.6 Å². The third-order valence-corrected chi connectivity index (χ3v) is 5.94. The van der Waals surface area contributed by atoms with Gasteiger partial charge >= 0.3 is 0 Å². The molecule has 0 unspecified atom stereocenters. The van der Waals surface area contributed by atoms with Gasteiger partial charge in [0.25, 0.3) is 0 Å². The van der Waals surface area contributed by atoms with E-state index in [0.717, 1.165) is 47.3 Å². The zero-order valence-corrected chi connectivity index (χ0v) is 16.4. The summed E-state index contributed by atoms with van der Waals surface area (Å²) in [6, 6.07) is 9.60. The number of nitrogens with zero attached hydrogens (tertiary/aromatic N) is 2. The maximum Gasteiger partial charge on any atom is 0.223 e. The number of anilines is 1. The highest BCUT2D eigenvalue weighted by atomic mass is 35.5. The molecular formula is C20H21ClN4OS. The summed E-state index contributed by atoms with van der Waals surface area (Å²) < 4.78 is 0. The minimum atomic E-state index is 0.174. The van der Waals surface area contributed by atoms with Gasteiger partial charge in [-0.05, 0) is 42.5 Å². The van der Waals surface area contributed by atoms with E-state index in [1.54, 1.807) is 11.3 Å². The maximum atomic E-state index is 12.1. The summed E-state index contributed by atoms with van der Waals surface area (Å²) in [6.07, 6.45) is 4.36. The first-order valence-electron chi connectivity index (χ1n) is 9.23. The fourth-order valence-electron chi connectivity index (χ4n) is 3.45. The smallest absolute Gasteiger partial charge is 0.223 e. The van der Waals surface area contributed by atoms with Crippen molar-refractivity contribution in [3.8, 4) is 10.7 Å². The lowest BCUT2D eigenvalue weighted by atomic mass is 10.1. The van der Waals surface area contributed by atoms with Crippen molar-refractivity contribution in [1.29, 1.82) is 0 Å². The van der Waals surface area contributed by atoms with Crippen LogP contribution in [0.25, 0.3) is 21.6 Å². The quantitative estimate of drug-likeness (QED) is 0.587. The van der Waals surface area contributed by atoms with Gasteiger partial charge in [0.15, 0.2) is 5.82 Å². The monoisotopic (exact) mass is 400 g/mol. The lowest BCUT2D eigenvalue weighted by molar-refractivity contribution is -0.124. The second kappa shape index (κ2) is 8.23. The maximum absolute atomic E-state index is 12.1. The van der Waals surface area contributed by atoms with Crippen molar-refractivity contribution in [3.05, 3.63) is 40.7 Å². The zero-order valence-electron chi connectivity index (χ0n) is 14.9. The molecule has 2 heterocycles. The Hall–Kier alpha value is -2.18. The molecule has 1 aliphatic carbocycles. The molecule has 1 aliphatic rings. The van der Waals surface area contributed by atoms with Crippen molar-refractivity contribution in [2.45, 2.75) is 25.7 Å². The van der Waals surface area contributed by atoms with Gasteiger partial charge in [0, 0.05) is 29.4 Å². The number of fused-ring (bicyclic) bond motifs is 1. The molecule has 5 nitrogen and oxygen atoms in total. The van der Waals surface area contributed by atoms with E-state index in [1.807, 2.05) is 35.7 Å². The summed E-state index contributed by atoms with van der Waals surface area (Å²) in [5.41, 5.74) is 0.804. The highest BCUT2D eigenvalue weighted by Gasteiger charge is 2.22. The lowest BCUT2D eigenvalue weighted by Crippen LogP contribution is -2.33. The number of thiophene rings is 1. The number of benzene rings is 1. The number of hydrogen-bond acceptors (Lipinski definition) is 5. The lowest BCUT2D eigenvalue weighted by Gasteiger charge is -2.13. The summed E-state index contributed by atoms with van der Waals surface area (Å²) in [5.74, 6) is 1.80. The summed E-state index contributed by atoms with van der Waals surface area (Å²) >= 11 is 7.75. The Bertz CT molecular complexity index is 939. The minimum absolute atomic E-state index is 0.174. The molecule has 0 bridgehead atoms. The fraction of sp³-hybridized carbons (Fsp3) is 0.350. The molecule has 7 heteroatoms. The Kier molecular flexibility index (Phi) is 5.55. The van der Waals surface area contributed by atoms with E-state index in [-0.39, 0.29) is 11.8 Å². The van der Waals surface area contributed by atoms with Crippen LogP contribution in [0, 0.1) is 5.92 Å². The van der Waals surface area contributed by atoms with E-state index < -0.39 is 0 Å². The molecule has 0 aliphatic heterocycles. The second-order valence-electron chi connectivity index (χ2n) is 6.73. The van der Waals surface area contributed by atoms with Crippen LogP contribution in [0.15, 0.2) is 35.7 Å². The van der Waals surface area contributed by atoms with Crippen LogP contribution in [-0.2, 0) is 4.79 Å². The van der Waals surface area contributed by atoms with Crippen LogP contribution in [0.4, 0.5) is 5.82 Å². The molecule has 3 aromatic rings. The van der Waals surface area contributed by atoms with Gasteiger partial charge in [-0.25, -0.2) is 9.97 Å². The first-order chi connectivity index (χ1) is 13.2. The van der Waals surface area contributed by atoms with Gasteiger partial charge in [0.2, 0.25) is 5.91 Å². The van der Waals surface area contributed by atoms with Crippen LogP contribution in [0.5, 0.6) is 0 Å². The fourth-order valence-corrected chi connectivity index (χ4v) is 4.28. The molecule has 1 fully saturated rings. The number of nitrogens with one attached hydrogen (secondary N) is 2. The first kappa shape index (κ1) is 18.2. The van der Waals surface area contributed by atoms with Crippen LogP contribution in [0.1, 0.15) is 25.7 Å². The zero-order chi connectivity index (χ0) is 18.6. The van der Waals surface area contributed by atoms with Gasteiger partial charge in [-0.1, -0.05) is 30.5 Å². The molecule has 4 rings (SSSR count). The van der Waals surface area contributed by atoms with Crippen LogP contribution in [0.3, 0.4) is 0 Å². The summed E-state index contributed by atoms with van der Waals surface area (Å²) in [4.78, 5) is 22.5. The number of aromatic nitrogens is 2. The number of hydrogen-bond donors (Lipinski definition) is 2. The van der Waals surface area contributed by atoms with Crippen LogP contribution >= 0.6 is 22.9 Å². The van der Waals surface area contributed by atoms with Gasteiger partial charge in [-0.15, -0.1) is 11.3 Å². The van der Waals surface area contributed by atoms with E-state index >= 15 is 0 Å². The topological polar surface area (TPSA) is 66.9 Å². The average Bonchev–Trinajstić information content (AvgIpc) is 3.38. The molecule has 1 saturated carbocycles. The van der Waals surface area contributed by atoms with Gasteiger partial charge in [0.1, 0.15) is 5.82 Å². The van der Waals surface area contributed by atoms with Crippen molar-refractivity contribution in [2.24, 2.45) is 5.92 Å². The van der Waals surface area contributed by atoms with Gasteiger partial charge in [0.05, 0.1) is 10.4 Å². The molecule has 2 N–H and O–H groups in total. The van der Waals surface area contributed by atoms with Gasteiger partial charge < -0.3 is 10.6 Å². The Labute approximate surface area is 167 Å². The second-order valence-corrected chi connectivity index (χ2v) is 8.12.